The van der Waals surface area contributed by atoms with Gasteiger partial charge in [-0.2, -0.15) is 0 Å². The number of benzene rings is 2. The van der Waals surface area contributed by atoms with Crippen molar-refractivity contribution < 1.29 is 24.2 Å². The summed E-state index contributed by atoms with van der Waals surface area (Å²) in [7, 11) is 1.57. The number of aliphatic carboxylic acids is 1. The molecule has 1 N–H and O–H groups in total. The Bertz CT molecular complexity index is 725. The van der Waals surface area contributed by atoms with Gasteiger partial charge >= 0.3 is 0 Å². The fraction of sp³-hybridized carbons (Fsp3) is 0.300. The van der Waals surface area contributed by atoms with Gasteiger partial charge in [-0.25, -0.2) is 0 Å². The largest absolute Gasteiger partial charge is 0.550 e. The monoisotopic (exact) mass is 356 g/mol. The Balaban J connectivity index is 2.06. The van der Waals surface area contributed by atoms with Crippen molar-refractivity contribution in [3.63, 3.8) is 0 Å². The molecule has 0 fully saturated rings. The van der Waals surface area contributed by atoms with E-state index >= 15 is 0 Å². The summed E-state index contributed by atoms with van der Waals surface area (Å²) in [6.07, 6.45) is -0.0598. The van der Waals surface area contributed by atoms with Gasteiger partial charge in [0.05, 0.1) is 13.7 Å². The lowest BCUT2D eigenvalue weighted by molar-refractivity contribution is -0.306. The molecule has 0 spiro atoms. The van der Waals surface area contributed by atoms with Crippen molar-refractivity contribution >= 4 is 17.6 Å². The van der Waals surface area contributed by atoms with Crippen molar-refractivity contribution in [1.29, 1.82) is 0 Å². The minimum atomic E-state index is -1.26. The van der Waals surface area contributed by atoms with Gasteiger partial charge in [-0.1, -0.05) is 12.1 Å². The Morgan fingerprint density at radius 1 is 1.04 bits per heavy atom. The summed E-state index contributed by atoms with van der Waals surface area (Å²) in [4.78, 5) is 23.6. The third-order valence-corrected chi connectivity index (χ3v) is 3.86. The average Bonchev–Trinajstić information content (AvgIpc) is 2.63. The van der Waals surface area contributed by atoms with E-state index in [0.717, 1.165) is 5.56 Å². The fourth-order valence-electron chi connectivity index (χ4n) is 2.55. The first-order chi connectivity index (χ1) is 12.5. The van der Waals surface area contributed by atoms with E-state index in [9.17, 15) is 14.7 Å². The molecule has 2 aromatic carbocycles. The lowest BCUT2D eigenvalue weighted by Crippen LogP contribution is -2.32. The number of ether oxygens (including phenoxy) is 2. The van der Waals surface area contributed by atoms with E-state index in [1.54, 1.807) is 43.5 Å². The summed E-state index contributed by atoms with van der Waals surface area (Å²) < 4.78 is 10.5. The van der Waals surface area contributed by atoms with Crippen molar-refractivity contribution in [2.45, 2.75) is 19.8 Å². The van der Waals surface area contributed by atoms with E-state index in [4.69, 9.17) is 9.47 Å². The van der Waals surface area contributed by atoms with Crippen LogP contribution >= 0.6 is 0 Å². The van der Waals surface area contributed by atoms with Gasteiger partial charge in [0.1, 0.15) is 11.5 Å². The molecule has 0 aliphatic rings. The highest BCUT2D eigenvalue weighted by atomic mass is 16.5. The number of rotatable bonds is 9. The van der Waals surface area contributed by atoms with E-state index in [1.807, 2.05) is 19.1 Å². The first kappa shape index (κ1) is 19.3. The topological polar surface area (TPSA) is 87.7 Å². The van der Waals surface area contributed by atoms with Crippen molar-refractivity contribution in [2.24, 2.45) is 5.92 Å². The number of carbonyl (C=O) groups is 2. The molecule has 138 valence electrons. The number of methoxy groups -OCH3 is 1. The maximum Gasteiger partial charge on any atom is 0.228 e. The molecular weight excluding hydrogens is 334 g/mol. The van der Waals surface area contributed by atoms with Gasteiger partial charge < -0.3 is 24.7 Å². The summed E-state index contributed by atoms with van der Waals surface area (Å²) in [5.74, 6) is -0.960. The summed E-state index contributed by atoms with van der Waals surface area (Å²) in [6.45, 7) is 2.45. The second kappa shape index (κ2) is 9.46. The van der Waals surface area contributed by atoms with Gasteiger partial charge in [-0.15, -0.1) is 0 Å². The smallest absolute Gasteiger partial charge is 0.228 e. The summed E-state index contributed by atoms with van der Waals surface area (Å²) >= 11 is 0. The van der Waals surface area contributed by atoms with Crippen LogP contribution in [0.15, 0.2) is 48.5 Å². The van der Waals surface area contributed by atoms with Crippen molar-refractivity contribution in [3.05, 3.63) is 54.1 Å². The Morgan fingerprint density at radius 2 is 1.65 bits per heavy atom. The summed E-state index contributed by atoms with van der Waals surface area (Å²) in [5, 5.41) is 13.8. The molecule has 6 nitrogen and oxygen atoms in total. The number of carboxylic acids is 1. The van der Waals surface area contributed by atoms with Crippen LogP contribution in [0.4, 0.5) is 5.69 Å². The SMILES string of the molecule is CCOc1ccc(NC(=O)C(CC(=O)[O-])Cc2ccc(OC)cc2)cc1. The first-order valence-electron chi connectivity index (χ1n) is 8.38. The van der Waals surface area contributed by atoms with Crippen molar-refractivity contribution in [1.82, 2.24) is 0 Å². The van der Waals surface area contributed by atoms with Gasteiger partial charge in [-0.3, -0.25) is 4.79 Å². The molecule has 26 heavy (non-hydrogen) atoms. The van der Waals surface area contributed by atoms with Gasteiger partial charge in [0.2, 0.25) is 5.91 Å². The second-order valence-electron chi connectivity index (χ2n) is 5.77. The van der Waals surface area contributed by atoms with E-state index < -0.39 is 11.9 Å². The van der Waals surface area contributed by atoms with Crippen LogP contribution in [0.2, 0.25) is 0 Å². The molecule has 1 atom stereocenters. The zero-order valence-electron chi connectivity index (χ0n) is 14.9. The zero-order valence-corrected chi connectivity index (χ0v) is 14.9. The minimum absolute atomic E-state index is 0.292. The Morgan fingerprint density at radius 3 is 2.19 bits per heavy atom. The predicted molar refractivity (Wildman–Crippen MR) is 96.1 cm³/mol. The average molecular weight is 356 g/mol. The van der Waals surface area contributed by atoms with Crippen LogP contribution in [0.5, 0.6) is 11.5 Å². The maximum atomic E-state index is 12.5. The summed E-state index contributed by atoms with van der Waals surface area (Å²) in [5.41, 5.74) is 1.43. The lowest BCUT2D eigenvalue weighted by Gasteiger charge is -2.18. The third kappa shape index (κ3) is 5.81. The third-order valence-electron chi connectivity index (χ3n) is 3.86. The van der Waals surface area contributed by atoms with Crippen LogP contribution in [0, 0.1) is 5.92 Å². The van der Waals surface area contributed by atoms with Gasteiger partial charge in [0.15, 0.2) is 0 Å². The van der Waals surface area contributed by atoms with E-state index in [-0.39, 0.29) is 12.3 Å². The molecule has 1 unspecified atom stereocenters. The number of amides is 1. The molecule has 2 aromatic rings. The van der Waals surface area contributed by atoms with Crippen LogP contribution in [0.3, 0.4) is 0 Å². The molecule has 0 aliphatic heterocycles. The number of hydrogen-bond donors (Lipinski definition) is 1. The highest BCUT2D eigenvalue weighted by Gasteiger charge is 2.20. The Labute approximate surface area is 152 Å². The standard InChI is InChI=1S/C20H23NO5/c1-3-26-18-10-6-16(7-11-18)21-20(24)15(13-19(22)23)12-14-4-8-17(25-2)9-5-14/h4-11,15H,3,12-13H2,1-2H3,(H,21,24)(H,22,23)/p-1. The van der Waals surface area contributed by atoms with Gasteiger partial charge in [0.25, 0.3) is 0 Å². The molecular formula is C20H22NO5-. The Hall–Kier alpha value is -3.02. The number of nitrogens with one attached hydrogen (secondary N) is 1. The van der Waals surface area contributed by atoms with Crippen molar-refractivity contribution in [2.75, 3.05) is 19.0 Å². The molecule has 6 heteroatoms. The van der Waals surface area contributed by atoms with Crippen LogP contribution in [0.1, 0.15) is 18.9 Å². The number of carbonyl (C=O) groups excluding carboxylic acids is 2. The van der Waals surface area contributed by atoms with E-state index in [1.165, 1.54) is 0 Å². The molecule has 1 amide bonds. The van der Waals surface area contributed by atoms with Gasteiger partial charge in [-0.05, 0) is 61.7 Å². The number of carboxylic acid groups (broad SMARTS) is 1. The van der Waals surface area contributed by atoms with Crippen LogP contribution in [0.25, 0.3) is 0 Å². The van der Waals surface area contributed by atoms with Crippen molar-refractivity contribution in [3.8, 4) is 11.5 Å². The number of hydrogen-bond acceptors (Lipinski definition) is 5. The predicted octanol–water partition coefficient (Wildman–Crippen LogP) is 2.03. The molecule has 0 bridgehead atoms. The van der Waals surface area contributed by atoms with E-state index in [0.29, 0.717) is 30.2 Å². The molecule has 0 saturated carbocycles. The molecule has 0 aromatic heterocycles. The first-order valence-corrected chi connectivity index (χ1v) is 8.38. The Kier molecular flexibility index (Phi) is 7.02. The lowest BCUT2D eigenvalue weighted by atomic mass is 9.95. The summed E-state index contributed by atoms with van der Waals surface area (Å²) in [6, 6.07) is 14.1. The quantitative estimate of drug-likeness (QED) is 0.743. The van der Waals surface area contributed by atoms with Crippen LogP contribution < -0.4 is 19.9 Å². The van der Waals surface area contributed by atoms with E-state index in [2.05, 4.69) is 5.32 Å². The molecule has 2 rings (SSSR count). The zero-order chi connectivity index (χ0) is 18.9. The highest BCUT2D eigenvalue weighted by molar-refractivity contribution is 5.94. The molecule has 0 aliphatic carbocycles. The molecule has 0 heterocycles. The van der Waals surface area contributed by atoms with Crippen LogP contribution in [-0.4, -0.2) is 25.6 Å². The minimum Gasteiger partial charge on any atom is -0.550 e. The van der Waals surface area contributed by atoms with Gasteiger partial charge in [0, 0.05) is 17.6 Å². The van der Waals surface area contributed by atoms with Crippen LogP contribution in [-0.2, 0) is 16.0 Å². The molecule has 0 saturated heterocycles. The molecule has 0 radical (unpaired) electrons. The normalized spacial score (nSPS) is 11.5. The fourth-order valence-corrected chi connectivity index (χ4v) is 2.55. The highest BCUT2D eigenvalue weighted by Crippen LogP contribution is 2.20. The maximum absolute atomic E-state index is 12.5. The second-order valence-corrected chi connectivity index (χ2v) is 5.77. The number of anilines is 1.